The van der Waals surface area contributed by atoms with Crippen molar-refractivity contribution in [2.45, 2.75) is 45.6 Å². The van der Waals surface area contributed by atoms with Crippen molar-refractivity contribution in [1.29, 1.82) is 0 Å². The third-order valence-corrected chi connectivity index (χ3v) is 4.58. The number of aryl methyl sites for hydroxylation is 1. The summed E-state index contributed by atoms with van der Waals surface area (Å²) in [4.78, 5) is 0. The van der Waals surface area contributed by atoms with E-state index in [0.29, 0.717) is 17.0 Å². The van der Waals surface area contributed by atoms with Gasteiger partial charge in [-0.05, 0) is 44.2 Å². The van der Waals surface area contributed by atoms with Crippen molar-refractivity contribution >= 4 is 0 Å². The summed E-state index contributed by atoms with van der Waals surface area (Å²) in [5.74, 6) is -0.243. The van der Waals surface area contributed by atoms with Crippen molar-refractivity contribution in [3.05, 3.63) is 34.9 Å². The van der Waals surface area contributed by atoms with Crippen molar-refractivity contribution in [2.24, 2.45) is 11.8 Å². The van der Waals surface area contributed by atoms with Gasteiger partial charge in [0.15, 0.2) is 11.6 Å². The molecule has 1 aromatic carbocycles. The molecule has 3 atom stereocenters. The summed E-state index contributed by atoms with van der Waals surface area (Å²) < 4.78 is 27.8. The van der Waals surface area contributed by atoms with Crippen LogP contribution in [0.3, 0.4) is 0 Å². The summed E-state index contributed by atoms with van der Waals surface area (Å²) in [5.41, 5.74) is 0.848. The highest BCUT2D eigenvalue weighted by Crippen LogP contribution is 2.41. The standard InChI is InChI=1S/C16H23F2N/c1-4-11-6-7-12(9-11)16(19-3)13-8-5-10(2)14(17)15(13)18/h5,8,11-12,16,19H,4,6-7,9H2,1-3H3. The van der Waals surface area contributed by atoms with Crippen molar-refractivity contribution < 1.29 is 8.78 Å². The van der Waals surface area contributed by atoms with Crippen LogP contribution in [-0.4, -0.2) is 7.05 Å². The maximum Gasteiger partial charge on any atom is 0.163 e. The molecule has 106 valence electrons. The normalized spacial score (nSPS) is 24.7. The zero-order valence-corrected chi connectivity index (χ0v) is 12.0. The van der Waals surface area contributed by atoms with Gasteiger partial charge in [-0.1, -0.05) is 31.9 Å². The maximum atomic E-state index is 14.1. The number of benzene rings is 1. The fraction of sp³-hybridized carbons (Fsp3) is 0.625. The van der Waals surface area contributed by atoms with Gasteiger partial charge in [-0.2, -0.15) is 0 Å². The Balaban J connectivity index is 2.25. The lowest BCUT2D eigenvalue weighted by Gasteiger charge is -2.24. The third-order valence-electron chi connectivity index (χ3n) is 4.58. The van der Waals surface area contributed by atoms with Crippen molar-refractivity contribution in [1.82, 2.24) is 5.32 Å². The fourth-order valence-electron chi connectivity index (χ4n) is 3.33. The molecule has 3 unspecified atom stereocenters. The Morgan fingerprint density at radius 2 is 2.00 bits per heavy atom. The predicted octanol–water partition coefficient (Wildman–Crippen LogP) is 4.36. The number of nitrogens with one attached hydrogen (secondary N) is 1. The van der Waals surface area contributed by atoms with E-state index in [4.69, 9.17) is 0 Å². The second kappa shape index (κ2) is 6.00. The number of hydrogen-bond donors (Lipinski definition) is 1. The first-order valence-electron chi connectivity index (χ1n) is 7.20. The van der Waals surface area contributed by atoms with Gasteiger partial charge in [0.1, 0.15) is 0 Å². The van der Waals surface area contributed by atoms with Crippen LogP contribution in [0, 0.1) is 30.4 Å². The van der Waals surface area contributed by atoms with E-state index in [1.54, 1.807) is 19.1 Å². The molecule has 0 spiro atoms. The highest BCUT2D eigenvalue weighted by Gasteiger charge is 2.32. The average molecular weight is 267 g/mol. The molecule has 1 saturated carbocycles. The van der Waals surface area contributed by atoms with Gasteiger partial charge >= 0.3 is 0 Å². The van der Waals surface area contributed by atoms with Crippen LogP contribution >= 0.6 is 0 Å². The van der Waals surface area contributed by atoms with E-state index >= 15 is 0 Å². The molecule has 1 aliphatic rings. The smallest absolute Gasteiger partial charge is 0.163 e. The lowest BCUT2D eigenvalue weighted by molar-refractivity contribution is 0.356. The largest absolute Gasteiger partial charge is 0.313 e. The lowest BCUT2D eigenvalue weighted by atomic mass is 9.89. The Morgan fingerprint density at radius 1 is 1.26 bits per heavy atom. The van der Waals surface area contributed by atoms with E-state index in [0.717, 1.165) is 18.8 Å². The molecule has 1 fully saturated rings. The molecule has 19 heavy (non-hydrogen) atoms. The molecule has 0 aliphatic heterocycles. The van der Waals surface area contributed by atoms with Crippen LogP contribution in [0.4, 0.5) is 8.78 Å². The summed E-state index contributed by atoms with van der Waals surface area (Å²) in [7, 11) is 1.83. The molecular formula is C16H23F2N. The molecular weight excluding hydrogens is 244 g/mol. The lowest BCUT2D eigenvalue weighted by Crippen LogP contribution is -2.25. The predicted molar refractivity (Wildman–Crippen MR) is 74.0 cm³/mol. The highest BCUT2D eigenvalue weighted by molar-refractivity contribution is 5.28. The Kier molecular flexibility index (Phi) is 4.56. The Morgan fingerprint density at radius 3 is 2.58 bits per heavy atom. The molecule has 0 aromatic heterocycles. The average Bonchev–Trinajstić information content (AvgIpc) is 2.88. The molecule has 1 aliphatic carbocycles. The van der Waals surface area contributed by atoms with E-state index in [1.165, 1.54) is 12.8 Å². The molecule has 0 amide bonds. The second-order valence-electron chi connectivity index (χ2n) is 5.71. The van der Waals surface area contributed by atoms with Crippen LogP contribution in [0.15, 0.2) is 12.1 Å². The summed E-state index contributed by atoms with van der Waals surface area (Å²) in [6.45, 7) is 3.80. The summed E-state index contributed by atoms with van der Waals surface area (Å²) in [5, 5.41) is 3.19. The van der Waals surface area contributed by atoms with Crippen molar-refractivity contribution in [3.63, 3.8) is 0 Å². The minimum absolute atomic E-state index is 0.0772. The zero-order valence-electron chi connectivity index (χ0n) is 12.0. The van der Waals surface area contributed by atoms with Crippen LogP contribution < -0.4 is 5.32 Å². The Bertz CT molecular complexity index is 445. The van der Waals surface area contributed by atoms with E-state index < -0.39 is 11.6 Å². The van der Waals surface area contributed by atoms with E-state index in [-0.39, 0.29) is 6.04 Å². The summed E-state index contributed by atoms with van der Waals surface area (Å²) in [6.07, 6.45) is 4.59. The molecule has 0 saturated heterocycles. The van der Waals surface area contributed by atoms with Crippen LogP contribution in [-0.2, 0) is 0 Å². The second-order valence-corrected chi connectivity index (χ2v) is 5.71. The van der Waals surface area contributed by atoms with E-state index in [9.17, 15) is 8.78 Å². The number of rotatable bonds is 4. The minimum Gasteiger partial charge on any atom is -0.313 e. The Hall–Kier alpha value is -0.960. The van der Waals surface area contributed by atoms with Crippen LogP contribution in [0.2, 0.25) is 0 Å². The number of hydrogen-bond acceptors (Lipinski definition) is 1. The first kappa shape index (κ1) is 14.4. The molecule has 1 nitrogen and oxygen atoms in total. The summed E-state index contributed by atoms with van der Waals surface area (Å²) >= 11 is 0. The SMILES string of the molecule is CCC1CCC(C(NC)c2ccc(C)c(F)c2F)C1. The molecule has 0 bridgehead atoms. The fourth-order valence-corrected chi connectivity index (χ4v) is 3.33. The zero-order chi connectivity index (χ0) is 14.0. The molecule has 0 radical (unpaired) electrons. The molecule has 1 aromatic rings. The van der Waals surface area contributed by atoms with E-state index in [2.05, 4.69) is 12.2 Å². The van der Waals surface area contributed by atoms with Crippen LogP contribution in [0.25, 0.3) is 0 Å². The van der Waals surface area contributed by atoms with Gasteiger partial charge in [-0.25, -0.2) is 8.78 Å². The maximum absolute atomic E-state index is 14.1. The quantitative estimate of drug-likeness (QED) is 0.854. The summed E-state index contributed by atoms with van der Waals surface area (Å²) in [6, 6.07) is 3.32. The van der Waals surface area contributed by atoms with Gasteiger partial charge in [-0.15, -0.1) is 0 Å². The third kappa shape index (κ3) is 2.81. The number of halogens is 2. The van der Waals surface area contributed by atoms with Gasteiger partial charge in [0.2, 0.25) is 0 Å². The van der Waals surface area contributed by atoms with Gasteiger partial charge in [0, 0.05) is 11.6 Å². The first-order valence-corrected chi connectivity index (χ1v) is 7.20. The highest BCUT2D eigenvalue weighted by atomic mass is 19.2. The van der Waals surface area contributed by atoms with Crippen LogP contribution in [0.1, 0.15) is 49.8 Å². The van der Waals surface area contributed by atoms with Crippen molar-refractivity contribution in [3.8, 4) is 0 Å². The molecule has 3 heteroatoms. The van der Waals surface area contributed by atoms with Crippen LogP contribution in [0.5, 0.6) is 0 Å². The van der Waals surface area contributed by atoms with Gasteiger partial charge < -0.3 is 5.32 Å². The van der Waals surface area contributed by atoms with Gasteiger partial charge in [0.05, 0.1) is 0 Å². The molecule has 2 rings (SSSR count). The van der Waals surface area contributed by atoms with Crippen molar-refractivity contribution in [2.75, 3.05) is 7.05 Å². The minimum atomic E-state index is -0.706. The molecule has 1 N–H and O–H groups in total. The first-order chi connectivity index (χ1) is 9.08. The van der Waals surface area contributed by atoms with E-state index in [1.807, 2.05) is 7.05 Å². The molecule has 0 heterocycles. The van der Waals surface area contributed by atoms with Gasteiger partial charge in [-0.3, -0.25) is 0 Å². The Labute approximate surface area is 114 Å². The van der Waals surface area contributed by atoms with Gasteiger partial charge in [0.25, 0.3) is 0 Å². The topological polar surface area (TPSA) is 12.0 Å². The monoisotopic (exact) mass is 267 g/mol.